The molecule has 2 aromatic rings. The molecule has 0 unspecified atom stereocenters. The number of nitrogen functional groups attached to an aromatic ring is 1. The van der Waals surface area contributed by atoms with Crippen molar-refractivity contribution in [1.29, 1.82) is 0 Å². The summed E-state index contributed by atoms with van der Waals surface area (Å²) in [6.07, 6.45) is 0. The normalized spacial score (nSPS) is 11.1. The molecule has 2 rings (SSSR count). The van der Waals surface area contributed by atoms with E-state index in [1.807, 2.05) is 13.8 Å². The molecule has 74 valence electrons. The van der Waals surface area contributed by atoms with Gasteiger partial charge in [0.25, 0.3) is 5.56 Å². The number of fused-ring (bicyclic) bond motifs is 1. The highest BCUT2D eigenvalue weighted by molar-refractivity contribution is 7.18. The molecule has 0 saturated heterocycles. The van der Waals surface area contributed by atoms with Crippen LogP contribution in [0.4, 0.5) is 5.95 Å². The summed E-state index contributed by atoms with van der Waals surface area (Å²) in [6, 6.07) is 0. The first-order valence-corrected chi connectivity index (χ1v) is 5.06. The molecule has 0 aliphatic heterocycles. The predicted molar refractivity (Wildman–Crippen MR) is 58.7 cm³/mol. The number of aromatic nitrogens is 2. The van der Waals surface area contributed by atoms with Crippen LogP contribution in [0.2, 0.25) is 0 Å². The van der Waals surface area contributed by atoms with Gasteiger partial charge in [0.2, 0.25) is 5.95 Å². The van der Waals surface area contributed by atoms with E-state index < -0.39 is 0 Å². The third kappa shape index (κ3) is 1.05. The second-order valence-electron chi connectivity index (χ2n) is 3.30. The fourth-order valence-corrected chi connectivity index (χ4v) is 2.42. The molecule has 4 nitrogen and oxygen atoms in total. The van der Waals surface area contributed by atoms with E-state index in [0.717, 1.165) is 15.3 Å². The molecule has 0 aliphatic carbocycles. The molecule has 2 heterocycles. The van der Waals surface area contributed by atoms with Crippen LogP contribution in [0.15, 0.2) is 4.79 Å². The van der Waals surface area contributed by atoms with Crippen molar-refractivity contribution in [2.75, 3.05) is 5.73 Å². The summed E-state index contributed by atoms with van der Waals surface area (Å²) in [7, 11) is 1.64. The van der Waals surface area contributed by atoms with Crippen LogP contribution >= 0.6 is 11.3 Å². The van der Waals surface area contributed by atoms with Crippen molar-refractivity contribution in [1.82, 2.24) is 9.55 Å². The molecule has 0 aliphatic rings. The van der Waals surface area contributed by atoms with Gasteiger partial charge in [-0.05, 0) is 19.4 Å². The minimum absolute atomic E-state index is 0.0608. The average molecular weight is 209 g/mol. The van der Waals surface area contributed by atoms with Crippen molar-refractivity contribution in [2.45, 2.75) is 13.8 Å². The van der Waals surface area contributed by atoms with Crippen LogP contribution in [0.3, 0.4) is 0 Å². The maximum atomic E-state index is 11.8. The number of nitrogens with zero attached hydrogens (tertiary/aromatic N) is 2. The van der Waals surface area contributed by atoms with E-state index in [1.165, 1.54) is 15.9 Å². The molecule has 0 bridgehead atoms. The van der Waals surface area contributed by atoms with Crippen molar-refractivity contribution in [3.8, 4) is 0 Å². The number of anilines is 1. The molecule has 0 saturated carbocycles. The Morgan fingerprint density at radius 2 is 2.07 bits per heavy atom. The summed E-state index contributed by atoms with van der Waals surface area (Å²) < 4.78 is 1.38. The van der Waals surface area contributed by atoms with E-state index in [2.05, 4.69) is 4.98 Å². The predicted octanol–water partition coefficient (Wildman–Crippen LogP) is 1.19. The fraction of sp³-hybridized carbons (Fsp3) is 0.333. The van der Waals surface area contributed by atoms with Gasteiger partial charge in [-0.15, -0.1) is 11.3 Å². The molecule has 14 heavy (non-hydrogen) atoms. The number of rotatable bonds is 0. The highest BCUT2D eigenvalue weighted by Gasteiger charge is 2.12. The van der Waals surface area contributed by atoms with E-state index in [1.54, 1.807) is 7.05 Å². The van der Waals surface area contributed by atoms with Crippen molar-refractivity contribution < 1.29 is 0 Å². The Labute approximate surface area is 85.0 Å². The van der Waals surface area contributed by atoms with Gasteiger partial charge in [-0.2, -0.15) is 0 Å². The van der Waals surface area contributed by atoms with Crippen LogP contribution in [0.5, 0.6) is 0 Å². The zero-order valence-electron chi connectivity index (χ0n) is 8.29. The van der Waals surface area contributed by atoms with Crippen molar-refractivity contribution in [3.05, 3.63) is 20.8 Å². The molecule has 0 amide bonds. The first kappa shape index (κ1) is 9.21. The molecular weight excluding hydrogens is 198 g/mol. The molecule has 0 spiro atoms. The number of hydrogen-bond donors (Lipinski definition) is 1. The molecular formula is C9H11N3OS. The van der Waals surface area contributed by atoms with Crippen LogP contribution in [-0.2, 0) is 7.05 Å². The minimum atomic E-state index is -0.0608. The molecule has 5 heteroatoms. The third-order valence-electron chi connectivity index (χ3n) is 2.44. The van der Waals surface area contributed by atoms with E-state index in [-0.39, 0.29) is 11.5 Å². The zero-order valence-corrected chi connectivity index (χ0v) is 9.10. The van der Waals surface area contributed by atoms with E-state index in [9.17, 15) is 4.79 Å². The number of aryl methyl sites for hydroxylation is 2. The highest BCUT2D eigenvalue weighted by atomic mass is 32.1. The Morgan fingerprint density at radius 1 is 1.43 bits per heavy atom. The molecule has 0 fully saturated rings. The summed E-state index contributed by atoms with van der Waals surface area (Å²) in [5.74, 6) is 0.267. The molecule has 0 radical (unpaired) electrons. The second kappa shape index (κ2) is 2.81. The van der Waals surface area contributed by atoms with Gasteiger partial charge >= 0.3 is 0 Å². The Balaban J connectivity index is 3.07. The maximum Gasteiger partial charge on any atom is 0.263 e. The Bertz CT molecular complexity index is 567. The van der Waals surface area contributed by atoms with Crippen molar-refractivity contribution in [3.63, 3.8) is 0 Å². The van der Waals surface area contributed by atoms with Crippen molar-refractivity contribution >= 4 is 27.5 Å². The largest absolute Gasteiger partial charge is 0.369 e. The van der Waals surface area contributed by atoms with E-state index in [0.29, 0.717) is 5.39 Å². The SMILES string of the molecule is Cc1sc2nc(N)n(C)c(=O)c2c1C. The molecule has 2 N–H and O–H groups in total. The van der Waals surface area contributed by atoms with Gasteiger partial charge in [-0.25, -0.2) is 4.98 Å². The van der Waals surface area contributed by atoms with Gasteiger partial charge in [0, 0.05) is 11.9 Å². The lowest BCUT2D eigenvalue weighted by molar-refractivity contribution is 0.862. The van der Waals surface area contributed by atoms with E-state index in [4.69, 9.17) is 5.73 Å². The van der Waals surface area contributed by atoms with Crippen LogP contribution < -0.4 is 11.3 Å². The monoisotopic (exact) mass is 209 g/mol. The highest BCUT2D eigenvalue weighted by Crippen LogP contribution is 2.26. The lowest BCUT2D eigenvalue weighted by Gasteiger charge is -2.01. The lowest BCUT2D eigenvalue weighted by Crippen LogP contribution is -2.21. The minimum Gasteiger partial charge on any atom is -0.369 e. The van der Waals surface area contributed by atoms with E-state index >= 15 is 0 Å². The lowest BCUT2D eigenvalue weighted by atomic mass is 10.2. The summed E-state index contributed by atoms with van der Waals surface area (Å²) in [6.45, 7) is 3.92. The molecule has 0 aromatic carbocycles. The van der Waals surface area contributed by atoms with Gasteiger partial charge < -0.3 is 5.73 Å². The Morgan fingerprint density at radius 3 is 2.71 bits per heavy atom. The molecule has 0 atom stereocenters. The summed E-state index contributed by atoms with van der Waals surface area (Å²) in [5, 5.41) is 0.698. The summed E-state index contributed by atoms with van der Waals surface area (Å²) in [4.78, 5) is 17.9. The molecule has 2 aromatic heterocycles. The number of hydrogen-bond acceptors (Lipinski definition) is 4. The Hall–Kier alpha value is -1.36. The summed E-state index contributed by atoms with van der Waals surface area (Å²) in [5.41, 5.74) is 6.56. The quantitative estimate of drug-likeness (QED) is 0.709. The smallest absolute Gasteiger partial charge is 0.263 e. The van der Waals surface area contributed by atoms with Gasteiger partial charge in [-0.3, -0.25) is 9.36 Å². The van der Waals surface area contributed by atoms with Gasteiger partial charge in [-0.1, -0.05) is 0 Å². The zero-order chi connectivity index (χ0) is 10.5. The van der Waals surface area contributed by atoms with Gasteiger partial charge in [0.15, 0.2) is 0 Å². The first-order chi connectivity index (χ1) is 6.52. The van der Waals surface area contributed by atoms with Crippen LogP contribution in [0.1, 0.15) is 10.4 Å². The Kier molecular flexibility index (Phi) is 1.85. The van der Waals surface area contributed by atoms with Crippen molar-refractivity contribution in [2.24, 2.45) is 7.05 Å². The maximum absolute atomic E-state index is 11.8. The topological polar surface area (TPSA) is 60.9 Å². The summed E-state index contributed by atoms with van der Waals surface area (Å²) >= 11 is 1.51. The average Bonchev–Trinajstić information content (AvgIpc) is 2.39. The van der Waals surface area contributed by atoms with Crippen LogP contribution in [-0.4, -0.2) is 9.55 Å². The van der Waals surface area contributed by atoms with Gasteiger partial charge in [0.05, 0.1) is 5.39 Å². The third-order valence-corrected chi connectivity index (χ3v) is 3.55. The number of nitrogens with two attached hydrogens (primary N) is 1. The van der Waals surface area contributed by atoms with Gasteiger partial charge in [0.1, 0.15) is 4.83 Å². The first-order valence-electron chi connectivity index (χ1n) is 4.24. The number of thiophene rings is 1. The standard InChI is InChI=1S/C9H11N3OS/c1-4-5(2)14-7-6(4)8(13)12(3)9(10)11-7/h1-3H3,(H2,10,11). The van der Waals surface area contributed by atoms with Crippen LogP contribution in [0, 0.1) is 13.8 Å². The second-order valence-corrected chi connectivity index (χ2v) is 4.50. The van der Waals surface area contributed by atoms with Crippen LogP contribution in [0.25, 0.3) is 10.2 Å². The fourth-order valence-electron chi connectivity index (χ4n) is 1.39.